The van der Waals surface area contributed by atoms with Crippen LogP contribution in [0.15, 0.2) is 35.2 Å². The van der Waals surface area contributed by atoms with Gasteiger partial charge in [-0.05, 0) is 50.2 Å². The van der Waals surface area contributed by atoms with Crippen molar-refractivity contribution in [1.29, 1.82) is 0 Å². The highest BCUT2D eigenvalue weighted by Crippen LogP contribution is 2.45. The highest BCUT2D eigenvalue weighted by atomic mass is 32.2. The summed E-state index contributed by atoms with van der Waals surface area (Å²) >= 11 is 0. The Morgan fingerprint density at radius 2 is 1.75 bits per heavy atom. The summed E-state index contributed by atoms with van der Waals surface area (Å²) in [5, 5.41) is 3.11. The van der Waals surface area contributed by atoms with Crippen molar-refractivity contribution in [1.82, 2.24) is 9.62 Å². The van der Waals surface area contributed by atoms with E-state index in [0.717, 1.165) is 44.9 Å². The van der Waals surface area contributed by atoms with Gasteiger partial charge in [-0.25, -0.2) is 8.42 Å². The summed E-state index contributed by atoms with van der Waals surface area (Å²) in [6.45, 7) is 0. The Labute approximate surface area is 143 Å². The number of amides is 1. The van der Waals surface area contributed by atoms with Crippen LogP contribution in [-0.2, 0) is 14.8 Å². The smallest absolute Gasteiger partial charge is 0.244 e. The lowest BCUT2D eigenvalue weighted by Crippen LogP contribution is -2.54. The molecule has 0 spiro atoms. The van der Waals surface area contributed by atoms with E-state index in [-0.39, 0.29) is 28.8 Å². The molecule has 6 heteroatoms. The van der Waals surface area contributed by atoms with Gasteiger partial charge in [0.2, 0.25) is 15.9 Å². The summed E-state index contributed by atoms with van der Waals surface area (Å²) in [6.07, 6.45) is 6.95. The summed E-state index contributed by atoms with van der Waals surface area (Å²) in [5.41, 5.74) is 0. The molecule has 1 aromatic rings. The number of nitrogens with one attached hydrogen (secondary N) is 1. The molecular formula is C18H24N2O3S. The van der Waals surface area contributed by atoms with Crippen molar-refractivity contribution in [2.24, 2.45) is 5.92 Å². The molecule has 1 heterocycles. The van der Waals surface area contributed by atoms with Crippen molar-refractivity contribution in [2.45, 2.75) is 68.0 Å². The molecule has 1 aromatic carbocycles. The molecule has 2 saturated carbocycles. The van der Waals surface area contributed by atoms with E-state index >= 15 is 0 Å². The summed E-state index contributed by atoms with van der Waals surface area (Å²) in [7, 11) is -3.62. The fourth-order valence-corrected chi connectivity index (χ4v) is 6.59. The number of piperidine rings is 1. The molecular weight excluding hydrogens is 324 g/mol. The summed E-state index contributed by atoms with van der Waals surface area (Å²) in [5.74, 6) is 0.0727. The van der Waals surface area contributed by atoms with Crippen molar-refractivity contribution in [3.05, 3.63) is 30.3 Å². The van der Waals surface area contributed by atoms with E-state index in [4.69, 9.17) is 0 Å². The predicted octanol–water partition coefficient (Wildman–Crippen LogP) is 2.29. The Morgan fingerprint density at radius 3 is 2.46 bits per heavy atom. The molecule has 2 bridgehead atoms. The van der Waals surface area contributed by atoms with Crippen LogP contribution in [0.5, 0.6) is 0 Å². The van der Waals surface area contributed by atoms with E-state index < -0.39 is 16.1 Å². The molecule has 3 fully saturated rings. The molecule has 1 N–H and O–H groups in total. The second-order valence-electron chi connectivity index (χ2n) is 7.31. The van der Waals surface area contributed by atoms with Crippen LogP contribution >= 0.6 is 0 Å². The van der Waals surface area contributed by atoms with Gasteiger partial charge in [-0.15, -0.1) is 0 Å². The number of hydrogen-bond donors (Lipinski definition) is 1. The normalized spacial score (nSPS) is 30.8. The lowest BCUT2D eigenvalue weighted by Gasteiger charge is -2.34. The molecule has 1 saturated heterocycles. The number of fused-ring (bicyclic) bond motifs is 2. The summed E-state index contributed by atoms with van der Waals surface area (Å²) < 4.78 is 27.8. The van der Waals surface area contributed by atoms with Crippen LogP contribution in [0.2, 0.25) is 0 Å². The quantitative estimate of drug-likeness (QED) is 0.908. The Morgan fingerprint density at radius 1 is 1.04 bits per heavy atom. The highest BCUT2D eigenvalue weighted by Gasteiger charge is 2.54. The van der Waals surface area contributed by atoms with Gasteiger partial charge >= 0.3 is 0 Å². The molecule has 1 aliphatic heterocycles. The van der Waals surface area contributed by atoms with Crippen molar-refractivity contribution in [2.75, 3.05) is 0 Å². The van der Waals surface area contributed by atoms with Gasteiger partial charge in [-0.3, -0.25) is 4.79 Å². The minimum Gasteiger partial charge on any atom is -0.352 e. The molecule has 3 atom stereocenters. The van der Waals surface area contributed by atoms with E-state index in [1.54, 1.807) is 30.3 Å². The van der Waals surface area contributed by atoms with Gasteiger partial charge in [0, 0.05) is 12.1 Å². The molecule has 5 nitrogen and oxygen atoms in total. The zero-order valence-electron chi connectivity index (χ0n) is 13.7. The van der Waals surface area contributed by atoms with Crippen LogP contribution in [-0.4, -0.2) is 36.8 Å². The number of nitrogens with zero attached hydrogens (tertiary/aromatic N) is 1. The molecule has 3 aliphatic rings. The van der Waals surface area contributed by atoms with E-state index in [1.807, 2.05) is 0 Å². The highest BCUT2D eigenvalue weighted by molar-refractivity contribution is 7.89. The lowest BCUT2D eigenvalue weighted by molar-refractivity contribution is -0.126. The molecule has 4 rings (SSSR count). The van der Waals surface area contributed by atoms with Gasteiger partial charge in [-0.2, -0.15) is 4.31 Å². The van der Waals surface area contributed by atoms with E-state index in [2.05, 4.69) is 5.32 Å². The topological polar surface area (TPSA) is 66.5 Å². The monoisotopic (exact) mass is 348 g/mol. The minimum atomic E-state index is -3.62. The number of hydrogen-bond acceptors (Lipinski definition) is 3. The van der Waals surface area contributed by atoms with Gasteiger partial charge in [0.15, 0.2) is 0 Å². The van der Waals surface area contributed by atoms with Crippen molar-refractivity contribution in [3.63, 3.8) is 0 Å². The number of benzene rings is 1. The lowest BCUT2D eigenvalue weighted by atomic mass is 9.99. The summed E-state index contributed by atoms with van der Waals surface area (Å²) in [6, 6.07) is 8.16. The number of sulfonamides is 1. The zero-order valence-corrected chi connectivity index (χ0v) is 14.5. The average molecular weight is 348 g/mol. The third-order valence-electron chi connectivity index (χ3n) is 5.81. The average Bonchev–Trinajstić information content (AvgIpc) is 3.32. The predicted molar refractivity (Wildman–Crippen MR) is 90.8 cm³/mol. The fourth-order valence-electron chi connectivity index (χ4n) is 4.69. The molecule has 0 aromatic heterocycles. The largest absolute Gasteiger partial charge is 0.352 e. The van der Waals surface area contributed by atoms with Gasteiger partial charge in [0.1, 0.15) is 6.04 Å². The standard InChI is InChI=1S/C18H24N2O3S/c21-18(19-14-6-4-5-7-14)17-13-10-11-15(12-13)20(17)24(22,23)16-8-2-1-3-9-16/h1-3,8-9,13-15,17H,4-7,10-12H2,(H,19,21)/t13-,15-,17+/m0/s1. The Kier molecular flexibility index (Phi) is 4.12. The second kappa shape index (κ2) is 6.15. The van der Waals surface area contributed by atoms with Crippen molar-refractivity contribution >= 4 is 15.9 Å². The molecule has 1 amide bonds. The van der Waals surface area contributed by atoms with Crippen LogP contribution in [0.1, 0.15) is 44.9 Å². The Bertz CT molecular complexity index is 713. The van der Waals surface area contributed by atoms with Crippen molar-refractivity contribution < 1.29 is 13.2 Å². The maximum atomic E-state index is 13.1. The molecule has 130 valence electrons. The molecule has 24 heavy (non-hydrogen) atoms. The van der Waals surface area contributed by atoms with Crippen LogP contribution in [0.3, 0.4) is 0 Å². The first kappa shape index (κ1) is 16.1. The fraction of sp³-hybridized carbons (Fsp3) is 0.611. The first-order valence-electron chi connectivity index (χ1n) is 8.96. The number of carbonyl (C=O) groups is 1. The third-order valence-corrected chi connectivity index (χ3v) is 7.76. The third kappa shape index (κ3) is 2.65. The van der Waals surface area contributed by atoms with Gasteiger partial charge in [0.05, 0.1) is 4.90 Å². The minimum absolute atomic E-state index is 0.0282. The SMILES string of the molecule is O=C(NC1CCCC1)[C@H]1[C@H]2CC[C@@H](C2)N1S(=O)(=O)c1ccccc1. The molecule has 2 aliphatic carbocycles. The summed E-state index contributed by atoms with van der Waals surface area (Å²) in [4.78, 5) is 13.2. The van der Waals surface area contributed by atoms with Crippen LogP contribution in [0.25, 0.3) is 0 Å². The van der Waals surface area contributed by atoms with E-state index in [1.165, 1.54) is 4.31 Å². The Hall–Kier alpha value is -1.40. The second-order valence-corrected chi connectivity index (χ2v) is 9.15. The van der Waals surface area contributed by atoms with Crippen molar-refractivity contribution in [3.8, 4) is 0 Å². The first-order chi connectivity index (χ1) is 11.6. The first-order valence-corrected chi connectivity index (χ1v) is 10.4. The number of carbonyl (C=O) groups excluding carboxylic acids is 1. The van der Waals surface area contributed by atoms with Crippen LogP contribution in [0, 0.1) is 5.92 Å². The van der Waals surface area contributed by atoms with Gasteiger partial charge in [-0.1, -0.05) is 31.0 Å². The zero-order chi connectivity index (χ0) is 16.7. The molecule has 0 unspecified atom stereocenters. The number of rotatable bonds is 4. The van der Waals surface area contributed by atoms with E-state index in [9.17, 15) is 13.2 Å². The maximum Gasteiger partial charge on any atom is 0.244 e. The van der Waals surface area contributed by atoms with Gasteiger partial charge in [0.25, 0.3) is 0 Å². The maximum absolute atomic E-state index is 13.1. The Balaban J connectivity index is 1.61. The van der Waals surface area contributed by atoms with Crippen LogP contribution in [0.4, 0.5) is 0 Å². The van der Waals surface area contributed by atoms with E-state index in [0.29, 0.717) is 0 Å². The van der Waals surface area contributed by atoms with Gasteiger partial charge < -0.3 is 5.32 Å². The molecule has 0 radical (unpaired) electrons. The van der Waals surface area contributed by atoms with Crippen LogP contribution < -0.4 is 5.32 Å².